The Balaban J connectivity index is 2.15. The van der Waals surface area contributed by atoms with Crippen molar-refractivity contribution in [2.45, 2.75) is 65.3 Å². The molecule has 1 aliphatic heterocycles. The summed E-state index contributed by atoms with van der Waals surface area (Å²) in [5, 5.41) is 0. The second-order valence-electron chi connectivity index (χ2n) is 10.3. The Labute approximate surface area is 206 Å². The maximum absolute atomic E-state index is 14.0. The van der Waals surface area contributed by atoms with E-state index in [0.717, 1.165) is 10.5 Å². The summed E-state index contributed by atoms with van der Waals surface area (Å²) in [5.41, 5.74) is -2.29. The fourth-order valence-electron chi connectivity index (χ4n) is 3.68. The van der Waals surface area contributed by atoms with E-state index >= 15 is 0 Å². The third-order valence-electron chi connectivity index (χ3n) is 5.09. The Morgan fingerprint density at radius 3 is 2.06 bits per heavy atom. The van der Waals surface area contributed by atoms with Crippen LogP contribution in [-0.4, -0.2) is 29.4 Å². The zero-order chi connectivity index (χ0) is 26.0. The molecule has 0 aliphatic carbocycles. The minimum atomic E-state index is -1.92. The fraction of sp³-hybridized carbons (Fsp3) is 0.393. The van der Waals surface area contributed by atoms with Gasteiger partial charge in [-0.3, -0.25) is 4.79 Å². The van der Waals surface area contributed by atoms with Crippen molar-refractivity contribution < 1.29 is 28.6 Å². The van der Waals surface area contributed by atoms with E-state index in [1.807, 2.05) is 30.3 Å². The molecule has 7 nitrogen and oxygen atoms in total. The van der Waals surface area contributed by atoms with Crippen molar-refractivity contribution in [2.24, 2.45) is 5.92 Å². The summed E-state index contributed by atoms with van der Waals surface area (Å²) in [5.74, 6) is 4.47. The number of carbonyl (C=O) groups excluding carboxylic acids is 3. The molecule has 2 amide bonds. The molecule has 0 saturated carbocycles. The van der Waals surface area contributed by atoms with E-state index in [9.17, 15) is 14.4 Å². The van der Waals surface area contributed by atoms with Crippen molar-refractivity contribution in [3.05, 3.63) is 65.7 Å². The van der Waals surface area contributed by atoms with Gasteiger partial charge in [0.2, 0.25) is 5.60 Å². The molecule has 2 atom stereocenters. The molecule has 35 heavy (non-hydrogen) atoms. The molecule has 0 fully saturated rings. The van der Waals surface area contributed by atoms with Gasteiger partial charge in [-0.2, -0.15) is 0 Å². The van der Waals surface area contributed by atoms with Gasteiger partial charge in [0.15, 0.2) is 0 Å². The van der Waals surface area contributed by atoms with Crippen molar-refractivity contribution in [1.29, 1.82) is 0 Å². The summed E-state index contributed by atoms with van der Waals surface area (Å²) in [7, 11) is 0. The summed E-state index contributed by atoms with van der Waals surface area (Å²) >= 11 is 0. The number of benzene rings is 2. The van der Waals surface area contributed by atoms with Gasteiger partial charge < -0.3 is 14.2 Å². The van der Waals surface area contributed by atoms with Crippen LogP contribution in [-0.2, 0) is 24.6 Å². The highest BCUT2D eigenvalue weighted by Gasteiger charge is 2.60. The molecule has 2 aromatic carbocycles. The van der Waals surface area contributed by atoms with E-state index in [1.54, 1.807) is 72.7 Å². The topological polar surface area (TPSA) is 82.1 Å². The highest BCUT2D eigenvalue weighted by Crippen LogP contribution is 2.48. The summed E-state index contributed by atoms with van der Waals surface area (Å²) in [6.07, 6.45) is -1.91. The first-order valence-electron chi connectivity index (χ1n) is 11.4. The lowest BCUT2D eigenvalue weighted by molar-refractivity contribution is -0.145. The zero-order valence-corrected chi connectivity index (χ0v) is 21.2. The Hall–Kier alpha value is -3.79. The van der Waals surface area contributed by atoms with Crippen LogP contribution in [0.4, 0.5) is 15.3 Å². The average Bonchev–Trinajstić information content (AvgIpc) is 2.99. The first-order chi connectivity index (χ1) is 16.2. The van der Waals surface area contributed by atoms with E-state index in [1.165, 1.54) is 0 Å². The number of imide groups is 1. The number of hydrogen-bond donors (Lipinski definition) is 0. The quantitative estimate of drug-likeness (QED) is 0.401. The molecule has 0 spiro atoms. The maximum Gasteiger partial charge on any atom is 0.510 e. The summed E-state index contributed by atoms with van der Waals surface area (Å²) in [6.45, 7) is 11.9. The van der Waals surface area contributed by atoms with Gasteiger partial charge in [-0.1, -0.05) is 48.2 Å². The number of carbonyl (C=O) groups is 3. The molecule has 0 unspecified atom stereocenters. The molecule has 2 aromatic rings. The maximum atomic E-state index is 14.0. The fourth-order valence-corrected chi connectivity index (χ4v) is 3.68. The van der Waals surface area contributed by atoms with Crippen LogP contribution in [0.2, 0.25) is 0 Å². The van der Waals surface area contributed by atoms with Gasteiger partial charge in [0.1, 0.15) is 11.2 Å². The van der Waals surface area contributed by atoms with E-state index in [2.05, 4.69) is 11.8 Å². The number of anilines is 1. The molecule has 184 valence electrons. The molecular formula is C28H31NO6. The van der Waals surface area contributed by atoms with Crippen LogP contribution < -0.4 is 4.90 Å². The number of amides is 2. The number of nitrogens with zero attached hydrogens (tertiary/aromatic N) is 1. The summed E-state index contributed by atoms with van der Waals surface area (Å²) in [4.78, 5) is 40.9. The molecule has 3 rings (SSSR count). The highest BCUT2D eigenvalue weighted by molar-refractivity contribution is 6.21. The second kappa shape index (κ2) is 9.46. The van der Waals surface area contributed by atoms with Gasteiger partial charge in [-0.15, -0.1) is 0 Å². The smallest absolute Gasteiger partial charge is 0.443 e. The van der Waals surface area contributed by atoms with Crippen molar-refractivity contribution in [3.8, 4) is 11.8 Å². The third kappa shape index (κ3) is 5.65. The summed E-state index contributed by atoms with van der Waals surface area (Å²) in [6, 6.07) is 15.9. The Bertz CT molecular complexity index is 1180. The van der Waals surface area contributed by atoms with Crippen LogP contribution in [0.25, 0.3) is 0 Å². The van der Waals surface area contributed by atoms with Crippen molar-refractivity contribution in [1.82, 2.24) is 0 Å². The Morgan fingerprint density at radius 1 is 0.886 bits per heavy atom. The number of rotatable bonds is 2. The van der Waals surface area contributed by atoms with Gasteiger partial charge in [0, 0.05) is 11.1 Å². The van der Waals surface area contributed by atoms with Crippen molar-refractivity contribution in [2.75, 3.05) is 4.90 Å². The first kappa shape index (κ1) is 25.8. The van der Waals surface area contributed by atoms with Crippen LogP contribution >= 0.6 is 0 Å². The molecule has 0 bridgehead atoms. The molecule has 0 N–H and O–H groups in total. The van der Waals surface area contributed by atoms with E-state index in [-0.39, 0.29) is 5.69 Å². The molecule has 0 aromatic heterocycles. The van der Waals surface area contributed by atoms with Crippen LogP contribution in [0.3, 0.4) is 0 Å². The van der Waals surface area contributed by atoms with Crippen molar-refractivity contribution in [3.63, 3.8) is 0 Å². The molecule has 0 radical (unpaired) electrons. The van der Waals surface area contributed by atoms with Crippen LogP contribution in [0.5, 0.6) is 0 Å². The van der Waals surface area contributed by atoms with Crippen LogP contribution in [0, 0.1) is 17.8 Å². The zero-order valence-electron chi connectivity index (χ0n) is 21.2. The van der Waals surface area contributed by atoms with Crippen molar-refractivity contribution >= 4 is 23.8 Å². The molecule has 1 heterocycles. The van der Waals surface area contributed by atoms with Gasteiger partial charge in [0.25, 0.3) is 5.91 Å². The van der Waals surface area contributed by atoms with E-state index < -0.39 is 40.9 Å². The molecule has 0 saturated heterocycles. The summed E-state index contributed by atoms with van der Waals surface area (Å²) < 4.78 is 16.7. The first-order valence-corrected chi connectivity index (χ1v) is 11.4. The minimum Gasteiger partial charge on any atom is -0.443 e. The van der Waals surface area contributed by atoms with Gasteiger partial charge >= 0.3 is 12.2 Å². The van der Waals surface area contributed by atoms with E-state index in [4.69, 9.17) is 14.2 Å². The monoisotopic (exact) mass is 477 g/mol. The number of ether oxygens (including phenoxy) is 3. The standard InChI is InChI=1S/C28H31NO6/c1-19(17-18-20-13-9-8-10-14-20)28(35-25(32)34-27(5,6)7)21-15-11-12-16-22(21)29(23(28)30)24(31)33-26(2,3)4/h8-16,19H,1-7H3/t19-,28-/m0/s1. The molecule has 7 heteroatoms. The lowest BCUT2D eigenvalue weighted by atomic mass is 9.83. The predicted octanol–water partition coefficient (Wildman–Crippen LogP) is 5.80. The number of hydrogen-bond acceptors (Lipinski definition) is 6. The van der Waals surface area contributed by atoms with Crippen LogP contribution in [0.1, 0.15) is 59.6 Å². The van der Waals surface area contributed by atoms with E-state index in [0.29, 0.717) is 5.56 Å². The predicted molar refractivity (Wildman–Crippen MR) is 132 cm³/mol. The molecular weight excluding hydrogens is 446 g/mol. The lowest BCUT2D eigenvalue weighted by Crippen LogP contribution is -2.50. The van der Waals surface area contributed by atoms with Gasteiger partial charge in [-0.05, 0) is 66.7 Å². The largest absolute Gasteiger partial charge is 0.510 e. The Kier molecular flexibility index (Phi) is 6.98. The lowest BCUT2D eigenvalue weighted by Gasteiger charge is -2.32. The normalized spacial score (nSPS) is 18.1. The van der Waals surface area contributed by atoms with Crippen LogP contribution in [0.15, 0.2) is 54.6 Å². The SMILES string of the molecule is C[C@@H](C#Cc1ccccc1)[C@@]1(OC(=O)OC(C)(C)C)C(=O)N(C(=O)OC(C)(C)C)c2ccccc21. The molecule has 1 aliphatic rings. The number of fused-ring (bicyclic) bond motifs is 1. The number of para-hydroxylation sites is 1. The minimum absolute atomic E-state index is 0.267. The second-order valence-corrected chi connectivity index (χ2v) is 10.3. The Morgan fingerprint density at radius 2 is 1.46 bits per heavy atom. The third-order valence-corrected chi connectivity index (χ3v) is 5.09. The van der Waals surface area contributed by atoms with Gasteiger partial charge in [-0.25, -0.2) is 14.5 Å². The highest BCUT2D eigenvalue weighted by atomic mass is 16.7. The average molecular weight is 478 g/mol. The van der Waals surface area contributed by atoms with Gasteiger partial charge in [0.05, 0.1) is 11.6 Å².